The van der Waals surface area contributed by atoms with E-state index in [0.29, 0.717) is 0 Å². The van der Waals surface area contributed by atoms with Gasteiger partial charge in [0.1, 0.15) is 0 Å². The van der Waals surface area contributed by atoms with Crippen LogP contribution in [0.25, 0.3) is 34.4 Å². The molecule has 0 amide bonds. The minimum absolute atomic E-state index is 0.0905. The Morgan fingerprint density at radius 1 is 0.286 bits per heavy atom. The molecule has 0 aliphatic heterocycles. The summed E-state index contributed by atoms with van der Waals surface area (Å²) in [5.74, 6) is 0. The SMILES string of the molecule is CC(C)(C)c1ccc(N(c2ccc(-c3ccccc3)cc2)c2ccc(-c3ccc(/C=C/c4ccc(N(c5ccccc5)c5ccccc5)cc4)cc3)cc2)cc1. The van der Waals surface area contributed by atoms with Gasteiger partial charge in [-0.2, -0.15) is 0 Å². The summed E-state index contributed by atoms with van der Waals surface area (Å²) >= 11 is 0. The van der Waals surface area contributed by atoms with E-state index in [1.54, 1.807) is 0 Å². The molecule has 272 valence electrons. The van der Waals surface area contributed by atoms with E-state index in [0.717, 1.165) is 45.3 Å². The first kappa shape index (κ1) is 36.1. The van der Waals surface area contributed by atoms with Crippen LogP contribution in [0.4, 0.5) is 34.1 Å². The minimum Gasteiger partial charge on any atom is -0.311 e. The summed E-state index contributed by atoms with van der Waals surface area (Å²) < 4.78 is 0. The van der Waals surface area contributed by atoms with Crippen molar-refractivity contribution in [2.75, 3.05) is 9.80 Å². The van der Waals surface area contributed by atoms with Crippen molar-refractivity contribution < 1.29 is 0 Å². The van der Waals surface area contributed by atoms with Crippen LogP contribution in [-0.2, 0) is 5.41 Å². The van der Waals surface area contributed by atoms with E-state index in [9.17, 15) is 0 Å². The highest BCUT2D eigenvalue weighted by Gasteiger charge is 2.17. The minimum atomic E-state index is 0.0905. The molecule has 8 aromatic rings. The predicted molar refractivity (Wildman–Crippen MR) is 241 cm³/mol. The first-order chi connectivity index (χ1) is 27.4. The second-order valence-corrected chi connectivity index (χ2v) is 15.1. The summed E-state index contributed by atoms with van der Waals surface area (Å²) in [4.78, 5) is 4.62. The van der Waals surface area contributed by atoms with Gasteiger partial charge in [0.05, 0.1) is 0 Å². The molecule has 0 aromatic heterocycles. The Bertz CT molecular complexity index is 2440. The number of para-hydroxylation sites is 2. The molecule has 0 bridgehead atoms. The van der Waals surface area contributed by atoms with Crippen molar-refractivity contribution in [1.29, 1.82) is 0 Å². The van der Waals surface area contributed by atoms with E-state index >= 15 is 0 Å². The Kier molecular flexibility index (Phi) is 10.5. The molecule has 0 radical (unpaired) electrons. The molecule has 0 aliphatic rings. The first-order valence-corrected chi connectivity index (χ1v) is 19.3. The standard InChI is InChI=1S/C54H46N2/c1-54(2,3)47-31-39-53(40-32-47)56(51-35-27-45(28-36-51)43-13-7-4-8-14-43)52-37-29-46(30-38-52)44-25-21-41(22-26-44)19-20-42-23-33-50(34-24-42)55(48-15-9-5-10-16-48)49-17-11-6-12-18-49/h4-40H,1-3H3/b20-19+. The molecule has 0 saturated carbocycles. The summed E-state index contributed by atoms with van der Waals surface area (Å²) in [6.07, 6.45) is 4.36. The second kappa shape index (κ2) is 16.2. The van der Waals surface area contributed by atoms with Gasteiger partial charge in [0, 0.05) is 34.1 Å². The highest BCUT2D eigenvalue weighted by Crippen LogP contribution is 2.38. The van der Waals surface area contributed by atoms with E-state index in [4.69, 9.17) is 0 Å². The molecular weight excluding hydrogens is 677 g/mol. The molecule has 0 heterocycles. The topological polar surface area (TPSA) is 6.48 Å². The van der Waals surface area contributed by atoms with Gasteiger partial charge in [-0.05, 0) is 117 Å². The monoisotopic (exact) mass is 722 g/mol. The lowest BCUT2D eigenvalue weighted by atomic mass is 9.87. The molecule has 8 rings (SSSR count). The molecule has 2 heteroatoms. The molecular formula is C54H46N2. The Balaban J connectivity index is 0.998. The normalized spacial score (nSPS) is 11.4. The molecule has 0 aliphatic carbocycles. The van der Waals surface area contributed by atoms with Crippen molar-refractivity contribution in [2.45, 2.75) is 26.2 Å². The van der Waals surface area contributed by atoms with Crippen molar-refractivity contribution in [2.24, 2.45) is 0 Å². The van der Waals surface area contributed by atoms with Gasteiger partial charge < -0.3 is 9.80 Å². The van der Waals surface area contributed by atoms with Crippen molar-refractivity contribution in [3.05, 3.63) is 229 Å². The maximum absolute atomic E-state index is 2.34. The van der Waals surface area contributed by atoms with Gasteiger partial charge in [-0.3, -0.25) is 0 Å². The van der Waals surface area contributed by atoms with Crippen LogP contribution >= 0.6 is 0 Å². The maximum atomic E-state index is 2.34. The van der Waals surface area contributed by atoms with Crippen LogP contribution in [0.2, 0.25) is 0 Å². The summed E-state index contributed by atoms with van der Waals surface area (Å²) in [7, 11) is 0. The Labute approximate surface area is 332 Å². The van der Waals surface area contributed by atoms with Gasteiger partial charge in [-0.1, -0.05) is 172 Å². The second-order valence-electron chi connectivity index (χ2n) is 15.1. The molecule has 56 heavy (non-hydrogen) atoms. The molecule has 0 unspecified atom stereocenters. The average molecular weight is 723 g/mol. The summed E-state index contributed by atoms with van der Waals surface area (Å²) in [6, 6.07) is 75.9. The lowest BCUT2D eigenvalue weighted by Crippen LogP contribution is -2.13. The molecule has 2 nitrogen and oxygen atoms in total. The molecule has 8 aromatic carbocycles. The molecule has 0 atom stereocenters. The Hall–Kier alpha value is -6.90. The summed E-state index contributed by atoms with van der Waals surface area (Å²) in [5, 5.41) is 0. The third kappa shape index (κ3) is 8.26. The Morgan fingerprint density at radius 2 is 0.554 bits per heavy atom. The van der Waals surface area contributed by atoms with Crippen LogP contribution in [0.15, 0.2) is 212 Å². The van der Waals surface area contributed by atoms with Gasteiger partial charge in [-0.15, -0.1) is 0 Å². The number of rotatable bonds is 10. The van der Waals surface area contributed by atoms with E-state index in [1.807, 2.05) is 0 Å². The predicted octanol–water partition coefficient (Wildman–Crippen LogP) is 15.4. The maximum Gasteiger partial charge on any atom is 0.0462 e. The Morgan fingerprint density at radius 3 is 0.929 bits per heavy atom. The lowest BCUT2D eigenvalue weighted by Gasteiger charge is -2.27. The van der Waals surface area contributed by atoms with Gasteiger partial charge in [-0.25, -0.2) is 0 Å². The third-order valence-corrected chi connectivity index (χ3v) is 10.2. The lowest BCUT2D eigenvalue weighted by molar-refractivity contribution is 0.590. The average Bonchev–Trinajstić information content (AvgIpc) is 3.25. The smallest absolute Gasteiger partial charge is 0.0462 e. The van der Waals surface area contributed by atoms with Crippen molar-refractivity contribution >= 4 is 46.3 Å². The fraction of sp³-hybridized carbons (Fsp3) is 0.0741. The van der Waals surface area contributed by atoms with Gasteiger partial charge in [0.15, 0.2) is 0 Å². The highest BCUT2D eigenvalue weighted by atomic mass is 15.1. The van der Waals surface area contributed by atoms with E-state index < -0.39 is 0 Å². The van der Waals surface area contributed by atoms with Crippen LogP contribution in [0.3, 0.4) is 0 Å². The van der Waals surface area contributed by atoms with Crippen molar-refractivity contribution in [3.63, 3.8) is 0 Å². The summed E-state index contributed by atoms with van der Waals surface area (Å²) in [5.41, 5.74) is 15.3. The van der Waals surface area contributed by atoms with Gasteiger partial charge in [0.25, 0.3) is 0 Å². The van der Waals surface area contributed by atoms with E-state index in [2.05, 4.69) is 255 Å². The number of nitrogens with zero attached hydrogens (tertiary/aromatic N) is 2. The van der Waals surface area contributed by atoms with Crippen LogP contribution in [0.5, 0.6) is 0 Å². The fourth-order valence-corrected chi connectivity index (χ4v) is 7.11. The largest absolute Gasteiger partial charge is 0.311 e. The zero-order valence-corrected chi connectivity index (χ0v) is 32.3. The molecule has 0 fully saturated rings. The van der Waals surface area contributed by atoms with Crippen LogP contribution in [0.1, 0.15) is 37.5 Å². The molecule has 0 spiro atoms. The summed E-state index contributed by atoms with van der Waals surface area (Å²) in [6.45, 7) is 6.78. The van der Waals surface area contributed by atoms with Gasteiger partial charge >= 0.3 is 0 Å². The zero-order valence-electron chi connectivity index (χ0n) is 32.3. The zero-order chi connectivity index (χ0) is 38.3. The fourth-order valence-electron chi connectivity index (χ4n) is 7.11. The third-order valence-electron chi connectivity index (χ3n) is 10.2. The van der Waals surface area contributed by atoms with Crippen LogP contribution in [-0.4, -0.2) is 0 Å². The number of benzene rings is 8. The number of hydrogen-bond donors (Lipinski definition) is 0. The van der Waals surface area contributed by atoms with E-state index in [-0.39, 0.29) is 5.41 Å². The number of hydrogen-bond acceptors (Lipinski definition) is 2. The van der Waals surface area contributed by atoms with Crippen molar-refractivity contribution in [3.8, 4) is 22.3 Å². The highest BCUT2D eigenvalue weighted by molar-refractivity contribution is 5.81. The quantitative estimate of drug-likeness (QED) is 0.130. The van der Waals surface area contributed by atoms with Crippen molar-refractivity contribution in [1.82, 2.24) is 0 Å². The molecule has 0 N–H and O–H groups in total. The van der Waals surface area contributed by atoms with Gasteiger partial charge in [0.2, 0.25) is 0 Å². The molecule has 0 saturated heterocycles. The van der Waals surface area contributed by atoms with E-state index in [1.165, 1.54) is 27.8 Å². The van der Waals surface area contributed by atoms with Crippen LogP contribution < -0.4 is 9.80 Å². The first-order valence-electron chi connectivity index (χ1n) is 19.3. The number of anilines is 6. The van der Waals surface area contributed by atoms with Crippen LogP contribution in [0, 0.1) is 0 Å².